The van der Waals surface area contributed by atoms with E-state index in [1.54, 1.807) is 19.2 Å². The predicted octanol–water partition coefficient (Wildman–Crippen LogP) is 2.76. The highest BCUT2D eigenvalue weighted by Gasteiger charge is 2.25. The van der Waals surface area contributed by atoms with Crippen LogP contribution in [0.25, 0.3) is 0 Å². The van der Waals surface area contributed by atoms with Crippen LogP contribution in [-0.2, 0) is 6.42 Å². The molecule has 0 saturated heterocycles. The van der Waals surface area contributed by atoms with Gasteiger partial charge in [0.1, 0.15) is 5.75 Å². The molecule has 0 aliphatic carbocycles. The third-order valence-electron chi connectivity index (χ3n) is 3.74. The van der Waals surface area contributed by atoms with E-state index in [1.165, 1.54) is 0 Å². The van der Waals surface area contributed by atoms with Gasteiger partial charge in [0.05, 0.1) is 13.2 Å². The molecule has 21 heavy (non-hydrogen) atoms. The molecule has 3 rings (SSSR count). The maximum atomic E-state index is 9.76. The first-order valence-electron chi connectivity index (χ1n) is 6.61. The van der Waals surface area contributed by atoms with E-state index in [9.17, 15) is 10.2 Å². The molecule has 5 heteroatoms. The lowest BCUT2D eigenvalue weighted by atomic mass is 9.89. The maximum absolute atomic E-state index is 9.76. The number of aromatic hydroxyl groups is 2. The van der Waals surface area contributed by atoms with Crippen LogP contribution in [0, 0.1) is 0 Å². The molecule has 4 nitrogen and oxygen atoms in total. The van der Waals surface area contributed by atoms with E-state index in [4.69, 9.17) is 4.74 Å². The molecule has 112 valence electrons. The second-order valence-electron chi connectivity index (χ2n) is 4.92. The van der Waals surface area contributed by atoms with E-state index in [0.717, 1.165) is 35.4 Å². The van der Waals surface area contributed by atoms with Gasteiger partial charge in [0.15, 0.2) is 11.5 Å². The van der Waals surface area contributed by atoms with Gasteiger partial charge in [-0.3, -0.25) is 0 Å². The molecule has 2 aromatic rings. The number of halogens is 1. The monoisotopic (exact) mass is 307 g/mol. The molecule has 0 fully saturated rings. The minimum absolute atomic E-state index is 0. The van der Waals surface area contributed by atoms with Crippen LogP contribution in [0.5, 0.6) is 17.2 Å². The average molecular weight is 308 g/mol. The molecule has 3 N–H and O–H groups in total. The molecule has 1 atom stereocenters. The quantitative estimate of drug-likeness (QED) is 0.747. The van der Waals surface area contributed by atoms with Crippen molar-refractivity contribution in [2.45, 2.75) is 12.5 Å². The average Bonchev–Trinajstić information content (AvgIpc) is 2.48. The van der Waals surface area contributed by atoms with Crippen LogP contribution >= 0.6 is 12.4 Å². The topological polar surface area (TPSA) is 61.7 Å². The number of rotatable bonds is 2. The van der Waals surface area contributed by atoms with E-state index in [2.05, 4.69) is 5.32 Å². The molecule has 0 saturated carbocycles. The minimum Gasteiger partial charge on any atom is -0.504 e. The van der Waals surface area contributed by atoms with E-state index < -0.39 is 0 Å². The first kappa shape index (κ1) is 15.5. The number of phenolic OH excluding ortho intramolecular Hbond substituents is 2. The Morgan fingerprint density at radius 3 is 2.57 bits per heavy atom. The number of hydrogen-bond donors (Lipinski definition) is 3. The zero-order valence-electron chi connectivity index (χ0n) is 11.7. The number of hydrogen-bond acceptors (Lipinski definition) is 4. The summed E-state index contributed by atoms with van der Waals surface area (Å²) in [5.74, 6) is 0.655. The van der Waals surface area contributed by atoms with Crippen LogP contribution in [-0.4, -0.2) is 23.9 Å². The third-order valence-corrected chi connectivity index (χ3v) is 3.74. The smallest absolute Gasteiger partial charge is 0.157 e. The van der Waals surface area contributed by atoms with E-state index in [1.807, 2.05) is 24.3 Å². The third kappa shape index (κ3) is 2.77. The molecule has 2 aromatic carbocycles. The molecule has 1 unspecified atom stereocenters. The summed E-state index contributed by atoms with van der Waals surface area (Å²) < 4.78 is 5.42. The number of nitrogens with one attached hydrogen (secondary N) is 1. The molecular weight excluding hydrogens is 290 g/mol. The Labute approximate surface area is 129 Å². The Hall–Kier alpha value is -1.91. The lowest BCUT2D eigenvalue weighted by Crippen LogP contribution is -2.30. The highest BCUT2D eigenvalue weighted by Crippen LogP contribution is 2.38. The second kappa shape index (κ2) is 6.24. The molecule has 1 aliphatic rings. The van der Waals surface area contributed by atoms with Crippen LogP contribution in [0.3, 0.4) is 0 Å². The van der Waals surface area contributed by atoms with Gasteiger partial charge in [-0.05, 0) is 35.7 Å². The standard InChI is InChI=1S/C16H17NO3.ClH/c1-20-15-5-3-2-4-11(15)16-12-9-14(19)13(18)8-10(12)6-7-17-16;/h2-5,8-9,16-19H,6-7H2,1H3;1H. The van der Waals surface area contributed by atoms with Crippen molar-refractivity contribution < 1.29 is 14.9 Å². The lowest BCUT2D eigenvalue weighted by molar-refractivity contribution is 0.395. The molecule has 1 heterocycles. The largest absolute Gasteiger partial charge is 0.504 e. The summed E-state index contributed by atoms with van der Waals surface area (Å²) in [6.07, 6.45) is 0.828. The van der Waals surface area contributed by atoms with E-state index in [-0.39, 0.29) is 29.9 Å². The Bertz CT molecular complexity index is 645. The fourth-order valence-electron chi connectivity index (χ4n) is 2.77. The van der Waals surface area contributed by atoms with Gasteiger partial charge in [0.25, 0.3) is 0 Å². The van der Waals surface area contributed by atoms with Crippen molar-refractivity contribution in [3.05, 3.63) is 53.1 Å². The molecule has 0 bridgehead atoms. The zero-order chi connectivity index (χ0) is 14.1. The first-order chi connectivity index (χ1) is 9.70. The minimum atomic E-state index is -0.0904. The van der Waals surface area contributed by atoms with Gasteiger partial charge in [-0.15, -0.1) is 12.4 Å². The summed E-state index contributed by atoms with van der Waals surface area (Å²) in [5, 5.41) is 22.8. The second-order valence-corrected chi connectivity index (χ2v) is 4.92. The first-order valence-corrected chi connectivity index (χ1v) is 6.61. The van der Waals surface area contributed by atoms with Gasteiger partial charge in [-0.2, -0.15) is 0 Å². The van der Waals surface area contributed by atoms with Gasteiger partial charge < -0.3 is 20.3 Å². The fourth-order valence-corrected chi connectivity index (χ4v) is 2.77. The van der Waals surface area contributed by atoms with Crippen LogP contribution < -0.4 is 10.1 Å². The van der Waals surface area contributed by atoms with E-state index >= 15 is 0 Å². The van der Waals surface area contributed by atoms with Crippen molar-refractivity contribution in [3.63, 3.8) is 0 Å². The summed E-state index contributed by atoms with van der Waals surface area (Å²) in [7, 11) is 1.65. The Morgan fingerprint density at radius 2 is 1.81 bits per heavy atom. The van der Waals surface area contributed by atoms with Crippen molar-refractivity contribution >= 4 is 12.4 Å². The van der Waals surface area contributed by atoms with Crippen molar-refractivity contribution in [2.75, 3.05) is 13.7 Å². The maximum Gasteiger partial charge on any atom is 0.157 e. The summed E-state index contributed by atoms with van der Waals surface area (Å²) in [6.45, 7) is 0.819. The SMILES string of the molecule is COc1ccccc1C1NCCc2cc(O)c(O)cc21.Cl. The van der Waals surface area contributed by atoms with Gasteiger partial charge >= 0.3 is 0 Å². The molecule has 0 aromatic heterocycles. The lowest BCUT2D eigenvalue weighted by Gasteiger charge is -2.28. The summed E-state index contributed by atoms with van der Waals surface area (Å²) in [5.41, 5.74) is 3.06. The molecule has 0 radical (unpaired) electrons. The highest BCUT2D eigenvalue weighted by molar-refractivity contribution is 5.85. The summed E-state index contributed by atoms with van der Waals surface area (Å²) >= 11 is 0. The number of fused-ring (bicyclic) bond motifs is 1. The van der Waals surface area contributed by atoms with Gasteiger partial charge in [-0.1, -0.05) is 18.2 Å². The van der Waals surface area contributed by atoms with Gasteiger partial charge in [-0.25, -0.2) is 0 Å². The molecule has 0 spiro atoms. The molecular formula is C16H18ClNO3. The summed E-state index contributed by atoms with van der Waals surface area (Å²) in [6, 6.07) is 11.1. The highest BCUT2D eigenvalue weighted by atomic mass is 35.5. The van der Waals surface area contributed by atoms with Gasteiger partial charge in [0, 0.05) is 12.1 Å². The Morgan fingerprint density at radius 1 is 1.10 bits per heavy atom. The Kier molecular flexibility index (Phi) is 4.60. The van der Waals surface area contributed by atoms with Crippen LogP contribution in [0.1, 0.15) is 22.7 Å². The predicted molar refractivity (Wildman–Crippen MR) is 83.6 cm³/mol. The molecule has 0 amide bonds. The number of benzene rings is 2. The Balaban J connectivity index is 0.00000161. The van der Waals surface area contributed by atoms with Gasteiger partial charge in [0.2, 0.25) is 0 Å². The van der Waals surface area contributed by atoms with Crippen molar-refractivity contribution in [3.8, 4) is 17.2 Å². The normalized spacial score (nSPS) is 16.7. The summed E-state index contributed by atoms with van der Waals surface area (Å²) in [4.78, 5) is 0. The fraction of sp³-hybridized carbons (Fsp3) is 0.250. The molecule has 1 aliphatic heterocycles. The number of phenols is 2. The van der Waals surface area contributed by atoms with Crippen molar-refractivity contribution in [1.82, 2.24) is 5.32 Å². The number of methoxy groups -OCH3 is 1. The van der Waals surface area contributed by atoms with Crippen molar-refractivity contribution in [2.24, 2.45) is 0 Å². The van der Waals surface area contributed by atoms with Crippen molar-refractivity contribution in [1.29, 1.82) is 0 Å². The van der Waals surface area contributed by atoms with E-state index in [0.29, 0.717) is 0 Å². The zero-order valence-corrected chi connectivity index (χ0v) is 12.5. The number of ether oxygens (including phenoxy) is 1. The van der Waals surface area contributed by atoms with Crippen LogP contribution in [0.15, 0.2) is 36.4 Å². The van der Waals surface area contributed by atoms with Crippen LogP contribution in [0.4, 0.5) is 0 Å². The number of para-hydroxylation sites is 1. The van der Waals surface area contributed by atoms with Crippen LogP contribution in [0.2, 0.25) is 0 Å².